The van der Waals surface area contributed by atoms with Crippen molar-refractivity contribution >= 4 is 12.2 Å². The summed E-state index contributed by atoms with van der Waals surface area (Å²) in [6.45, 7) is 20.7. The van der Waals surface area contributed by atoms with Crippen molar-refractivity contribution in [3.63, 3.8) is 0 Å². The average molecular weight is 421 g/mol. The molecule has 0 saturated carbocycles. The maximum atomic E-state index is 12.9. The van der Waals surface area contributed by atoms with Gasteiger partial charge in [0.15, 0.2) is 0 Å². The van der Waals surface area contributed by atoms with E-state index in [1.54, 1.807) is 0 Å². The first-order valence-electron chi connectivity index (χ1n) is 11.2. The van der Waals surface area contributed by atoms with E-state index in [1.807, 2.05) is 27.7 Å². The Kier molecular flexibility index (Phi) is 5.48. The number of hydroxylamine groups is 2. The zero-order valence-electron chi connectivity index (χ0n) is 20.8. The number of phenols is 1. The van der Waals surface area contributed by atoms with Crippen LogP contribution in [0.5, 0.6) is 5.75 Å². The number of rotatable bonds is 2. The van der Waals surface area contributed by atoms with E-state index in [1.165, 1.54) is 5.06 Å². The fraction of sp³-hybridized carbons (Fsp3) is 0.500. The van der Waals surface area contributed by atoms with Crippen molar-refractivity contribution in [2.45, 2.75) is 91.1 Å². The molecule has 1 heterocycles. The van der Waals surface area contributed by atoms with Crippen molar-refractivity contribution in [2.75, 3.05) is 0 Å². The molecule has 0 fully saturated rings. The zero-order valence-corrected chi connectivity index (χ0v) is 20.8. The first-order chi connectivity index (χ1) is 14.0. The summed E-state index contributed by atoms with van der Waals surface area (Å²) in [6, 6.07) is 10.5. The molecule has 0 atom stereocenters. The number of phenolic OH excluding ortho intramolecular Hbond substituents is 1. The minimum Gasteiger partial charge on any atom is -0.507 e. The molecule has 0 spiro atoms. The second-order valence-electron chi connectivity index (χ2n) is 12.0. The SMILES string of the molecule is CC(C)(C)c1cc(/C=C/c2ccc3c(c2)C(C)(C)N([O])C3(C)C)cc(C(C)(C)C)c1O. The number of nitrogens with zero attached hydrogens (tertiary/aromatic N) is 1. The first-order valence-corrected chi connectivity index (χ1v) is 11.2. The van der Waals surface area contributed by atoms with Crippen LogP contribution in [0.15, 0.2) is 30.3 Å². The van der Waals surface area contributed by atoms with Gasteiger partial charge < -0.3 is 5.11 Å². The van der Waals surface area contributed by atoms with Crippen LogP contribution in [0.3, 0.4) is 0 Å². The highest BCUT2D eigenvalue weighted by Crippen LogP contribution is 2.48. The van der Waals surface area contributed by atoms with Crippen LogP contribution in [-0.2, 0) is 27.1 Å². The van der Waals surface area contributed by atoms with Crippen molar-refractivity contribution in [3.05, 3.63) is 63.7 Å². The van der Waals surface area contributed by atoms with Crippen LogP contribution in [-0.4, -0.2) is 10.2 Å². The largest absolute Gasteiger partial charge is 0.507 e. The van der Waals surface area contributed by atoms with E-state index < -0.39 is 11.1 Å². The Balaban J connectivity index is 2.07. The number of fused-ring (bicyclic) bond motifs is 1. The van der Waals surface area contributed by atoms with E-state index in [9.17, 15) is 10.3 Å². The van der Waals surface area contributed by atoms with E-state index in [0.717, 1.165) is 33.4 Å². The summed E-state index contributed by atoms with van der Waals surface area (Å²) in [5, 5.41) is 25.0. The number of aromatic hydroxyl groups is 1. The van der Waals surface area contributed by atoms with E-state index in [0.29, 0.717) is 5.75 Å². The van der Waals surface area contributed by atoms with Crippen molar-refractivity contribution in [3.8, 4) is 5.75 Å². The predicted molar refractivity (Wildman–Crippen MR) is 129 cm³/mol. The Hall–Kier alpha value is -2.10. The van der Waals surface area contributed by atoms with Gasteiger partial charge in [0.2, 0.25) is 0 Å². The normalized spacial score (nSPS) is 18.5. The van der Waals surface area contributed by atoms with Crippen LogP contribution in [0.4, 0.5) is 0 Å². The van der Waals surface area contributed by atoms with Gasteiger partial charge in [-0.15, -0.1) is 10.3 Å². The van der Waals surface area contributed by atoms with E-state index >= 15 is 0 Å². The third-order valence-electron chi connectivity index (χ3n) is 6.59. The molecule has 0 amide bonds. The lowest BCUT2D eigenvalue weighted by molar-refractivity contribution is -0.266. The van der Waals surface area contributed by atoms with Crippen molar-refractivity contribution in [2.24, 2.45) is 0 Å². The Morgan fingerprint density at radius 1 is 0.742 bits per heavy atom. The molecular formula is C28H38NO2. The molecular weight excluding hydrogens is 382 g/mol. The Bertz CT molecular complexity index is 995. The lowest BCUT2D eigenvalue weighted by atomic mass is 9.78. The monoisotopic (exact) mass is 420 g/mol. The molecule has 1 aliphatic heterocycles. The third kappa shape index (κ3) is 4.06. The maximum Gasteiger partial charge on any atom is 0.123 e. The summed E-state index contributed by atoms with van der Waals surface area (Å²) >= 11 is 0. The molecule has 1 radical (unpaired) electrons. The topological polar surface area (TPSA) is 43.4 Å². The summed E-state index contributed by atoms with van der Waals surface area (Å²) in [6.07, 6.45) is 4.20. The first kappa shape index (κ1) is 23.6. The van der Waals surface area contributed by atoms with Gasteiger partial charge in [-0.05, 0) is 79.0 Å². The standard InChI is InChI=1S/C28H38NO2/c1-25(2,3)22-16-19(17-23(24(22)30)26(4,5)6)12-11-18-13-14-20-21(15-18)28(9,10)29(31)27(20,7)8/h11-17,30H,1-10H3/b12-11+. The number of hydrogen-bond donors (Lipinski definition) is 1. The summed E-state index contributed by atoms with van der Waals surface area (Å²) in [5.41, 5.74) is 4.84. The van der Waals surface area contributed by atoms with Crippen LogP contribution in [0.25, 0.3) is 12.2 Å². The van der Waals surface area contributed by atoms with Crippen molar-refractivity contribution in [1.29, 1.82) is 0 Å². The molecule has 3 heteroatoms. The van der Waals surface area contributed by atoms with Crippen molar-refractivity contribution in [1.82, 2.24) is 5.06 Å². The summed E-state index contributed by atoms with van der Waals surface area (Å²) in [7, 11) is 0. The molecule has 1 aliphatic rings. The Labute approximate surface area is 188 Å². The fourth-order valence-corrected chi connectivity index (χ4v) is 4.71. The van der Waals surface area contributed by atoms with E-state index in [-0.39, 0.29) is 10.8 Å². The van der Waals surface area contributed by atoms with Gasteiger partial charge in [0.1, 0.15) is 5.75 Å². The van der Waals surface area contributed by atoms with Gasteiger partial charge in [0.05, 0.1) is 11.1 Å². The van der Waals surface area contributed by atoms with Crippen LogP contribution < -0.4 is 0 Å². The molecule has 1 N–H and O–H groups in total. The second kappa shape index (κ2) is 7.21. The highest BCUT2D eigenvalue weighted by atomic mass is 16.5. The van der Waals surface area contributed by atoms with Gasteiger partial charge >= 0.3 is 0 Å². The summed E-state index contributed by atoms with van der Waals surface area (Å²) in [4.78, 5) is 0. The van der Waals surface area contributed by atoms with Gasteiger partial charge in [0, 0.05) is 11.1 Å². The maximum absolute atomic E-state index is 12.9. The van der Waals surface area contributed by atoms with Crippen LogP contribution in [0.1, 0.15) is 103 Å². The van der Waals surface area contributed by atoms with E-state index in [4.69, 9.17) is 0 Å². The highest BCUT2D eigenvalue weighted by molar-refractivity contribution is 5.72. The summed E-state index contributed by atoms with van der Waals surface area (Å²) in [5.74, 6) is 0.397. The smallest absolute Gasteiger partial charge is 0.123 e. The summed E-state index contributed by atoms with van der Waals surface area (Å²) < 4.78 is 0. The van der Waals surface area contributed by atoms with Gasteiger partial charge in [0.25, 0.3) is 0 Å². The molecule has 3 nitrogen and oxygen atoms in total. The quantitative estimate of drug-likeness (QED) is 0.518. The molecule has 0 saturated heterocycles. The van der Waals surface area contributed by atoms with Crippen LogP contribution >= 0.6 is 0 Å². The molecule has 0 aromatic heterocycles. The molecule has 0 bridgehead atoms. The average Bonchev–Trinajstić information content (AvgIpc) is 2.76. The zero-order chi connectivity index (χ0) is 23.6. The fourth-order valence-electron chi connectivity index (χ4n) is 4.71. The van der Waals surface area contributed by atoms with Gasteiger partial charge in [-0.3, -0.25) is 0 Å². The Morgan fingerprint density at radius 2 is 1.19 bits per heavy atom. The van der Waals surface area contributed by atoms with Gasteiger partial charge in [-0.1, -0.05) is 65.8 Å². The number of benzene rings is 2. The molecule has 2 aromatic carbocycles. The van der Waals surface area contributed by atoms with Crippen LogP contribution in [0.2, 0.25) is 0 Å². The second-order valence-corrected chi connectivity index (χ2v) is 12.0. The molecule has 2 aromatic rings. The lowest BCUT2D eigenvalue weighted by Gasteiger charge is -2.32. The van der Waals surface area contributed by atoms with Gasteiger partial charge in [-0.25, -0.2) is 0 Å². The molecule has 31 heavy (non-hydrogen) atoms. The van der Waals surface area contributed by atoms with Gasteiger partial charge in [-0.2, -0.15) is 0 Å². The highest BCUT2D eigenvalue weighted by Gasteiger charge is 2.49. The Morgan fingerprint density at radius 3 is 1.68 bits per heavy atom. The minimum absolute atomic E-state index is 0.158. The molecule has 0 unspecified atom stereocenters. The number of hydrogen-bond acceptors (Lipinski definition) is 2. The predicted octanol–water partition coefficient (Wildman–Crippen LogP) is 7.29. The third-order valence-corrected chi connectivity index (χ3v) is 6.59. The lowest BCUT2D eigenvalue weighted by Crippen LogP contribution is -2.41. The molecule has 167 valence electrons. The molecule has 3 rings (SSSR count). The van der Waals surface area contributed by atoms with Crippen LogP contribution in [0, 0.1) is 0 Å². The molecule has 0 aliphatic carbocycles. The van der Waals surface area contributed by atoms with E-state index in [2.05, 4.69) is 84.0 Å². The van der Waals surface area contributed by atoms with Crippen molar-refractivity contribution < 1.29 is 10.3 Å². The minimum atomic E-state index is -0.556.